The first-order valence-electron chi connectivity index (χ1n) is 4.54. The molecule has 0 unspecified atom stereocenters. The Morgan fingerprint density at radius 2 is 1.13 bits per heavy atom. The predicted molar refractivity (Wildman–Crippen MR) is 57.9 cm³/mol. The van der Waals surface area contributed by atoms with Gasteiger partial charge in [-0.25, -0.2) is 0 Å². The summed E-state index contributed by atoms with van der Waals surface area (Å²) >= 11 is 0. The second-order valence-electron chi connectivity index (χ2n) is 2.94. The topological polar surface area (TPSA) is 25.8 Å². The molecule has 15 heavy (non-hydrogen) atoms. The van der Waals surface area contributed by atoms with Gasteiger partial charge in [0.05, 0.1) is 0 Å². The summed E-state index contributed by atoms with van der Waals surface area (Å²) in [6.45, 7) is 3.94. The minimum absolute atomic E-state index is 0. The van der Waals surface area contributed by atoms with Crippen LogP contribution in [0.5, 0.6) is 0 Å². The zero-order valence-corrected chi connectivity index (χ0v) is 10.6. The maximum absolute atomic E-state index is 3.98. The molecule has 0 aliphatic heterocycles. The van der Waals surface area contributed by atoms with Crippen molar-refractivity contribution in [1.29, 1.82) is 0 Å². The number of nitrogens with zero attached hydrogens (tertiary/aromatic N) is 2. The van der Waals surface area contributed by atoms with Gasteiger partial charge in [-0.15, -0.1) is 0 Å². The summed E-state index contributed by atoms with van der Waals surface area (Å²) in [5.74, 6) is 0. The molecule has 0 bridgehead atoms. The van der Waals surface area contributed by atoms with Crippen molar-refractivity contribution in [1.82, 2.24) is 9.97 Å². The Kier molecular flexibility index (Phi) is 7.66. The van der Waals surface area contributed by atoms with Crippen molar-refractivity contribution in [3.63, 3.8) is 0 Å². The quantitative estimate of drug-likeness (QED) is 0.696. The van der Waals surface area contributed by atoms with Gasteiger partial charge in [-0.3, -0.25) is 9.97 Å². The van der Waals surface area contributed by atoms with Crippen LogP contribution in [0.4, 0.5) is 0 Å². The Bertz CT molecular complexity index is 311. The van der Waals surface area contributed by atoms with E-state index in [1.807, 2.05) is 50.2 Å². The van der Waals surface area contributed by atoms with E-state index in [2.05, 4.69) is 9.97 Å². The first-order valence-corrected chi connectivity index (χ1v) is 4.54. The van der Waals surface area contributed by atoms with Crippen LogP contribution in [0.25, 0.3) is 0 Å². The molecule has 2 nitrogen and oxygen atoms in total. The van der Waals surface area contributed by atoms with Gasteiger partial charge in [0.1, 0.15) is 0 Å². The van der Waals surface area contributed by atoms with Gasteiger partial charge in [-0.1, -0.05) is 12.1 Å². The Hall–Kier alpha value is -1.08. The van der Waals surface area contributed by atoms with E-state index in [1.54, 1.807) is 12.4 Å². The van der Waals surface area contributed by atoms with Crippen molar-refractivity contribution < 1.29 is 19.5 Å². The van der Waals surface area contributed by atoms with Crippen molar-refractivity contribution in [2.24, 2.45) is 0 Å². The number of hydrogen-bond acceptors (Lipinski definition) is 2. The Morgan fingerprint density at radius 3 is 1.27 bits per heavy atom. The van der Waals surface area contributed by atoms with Crippen LogP contribution in [0.15, 0.2) is 48.8 Å². The maximum atomic E-state index is 3.98. The van der Waals surface area contributed by atoms with Crippen LogP contribution in [0.1, 0.15) is 11.4 Å². The van der Waals surface area contributed by atoms with Gasteiger partial charge in [0.15, 0.2) is 0 Å². The average Bonchev–Trinajstić information content (AvgIpc) is 2.21. The number of aryl methyl sites for hydroxylation is 2. The first-order chi connectivity index (χ1) is 6.79. The van der Waals surface area contributed by atoms with Crippen LogP contribution in [-0.2, 0) is 19.5 Å². The molecule has 2 aromatic rings. The van der Waals surface area contributed by atoms with Gasteiger partial charge in [0, 0.05) is 23.8 Å². The van der Waals surface area contributed by atoms with E-state index in [1.165, 1.54) is 0 Å². The summed E-state index contributed by atoms with van der Waals surface area (Å²) in [4.78, 5) is 7.96. The molecule has 0 saturated heterocycles. The Balaban J connectivity index is 0.000000245. The SMILES string of the molecule is Cc1ccccn1.Cc1ccccn1.[Ru+3]. The fraction of sp³-hybridized carbons (Fsp3) is 0.167. The predicted octanol–water partition coefficient (Wildman–Crippen LogP) is 2.78. The molecule has 0 fully saturated rings. The van der Waals surface area contributed by atoms with Gasteiger partial charge in [-0.2, -0.15) is 0 Å². The molecule has 0 aliphatic rings. The second kappa shape index (κ2) is 8.25. The van der Waals surface area contributed by atoms with E-state index >= 15 is 0 Å². The smallest absolute Gasteiger partial charge is 0.262 e. The average molecular weight is 287 g/mol. The summed E-state index contributed by atoms with van der Waals surface area (Å²) in [6.07, 6.45) is 3.57. The van der Waals surface area contributed by atoms with E-state index in [0.717, 1.165) is 11.4 Å². The van der Waals surface area contributed by atoms with Gasteiger partial charge in [0.2, 0.25) is 0 Å². The molecule has 2 rings (SSSR count). The molecule has 3 heteroatoms. The third-order valence-corrected chi connectivity index (χ3v) is 1.63. The molecule has 0 N–H and O–H groups in total. The molecule has 0 amide bonds. The second-order valence-corrected chi connectivity index (χ2v) is 2.94. The number of hydrogen-bond donors (Lipinski definition) is 0. The molecule has 77 valence electrons. The molecule has 2 heterocycles. The third kappa shape index (κ3) is 6.92. The maximum Gasteiger partial charge on any atom is 3.00 e. The minimum atomic E-state index is 0. The summed E-state index contributed by atoms with van der Waals surface area (Å²) in [5.41, 5.74) is 2.14. The minimum Gasteiger partial charge on any atom is -0.262 e. The molecule has 0 saturated carbocycles. The standard InChI is InChI=1S/2C6H7N.Ru/c2*1-6-4-2-3-5-7-6;/h2*2-5H,1H3;/q;;+3. The van der Waals surface area contributed by atoms with Crippen LogP contribution >= 0.6 is 0 Å². The van der Waals surface area contributed by atoms with E-state index in [4.69, 9.17) is 0 Å². The van der Waals surface area contributed by atoms with Crippen LogP contribution in [0.2, 0.25) is 0 Å². The van der Waals surface area contributed by atoms with Crippen LogP contribution < -0.4 is 0 Å². The zero-order chi connectivity index (χ0) is 10.2. The summed E-state index contributed by atoms with van der Waals surface area (Å²) in [5, 5.41) is 0. The first kappa shape index (κ1) is 13.9. The fourth-order valence-electron chi connectivity index (χ4n) is 0.896. The van der Waals surface area contributed by atoms with E-state index in [-0.39, 0.29) is 19.5 Å². The van der Waals surface area contributed by atoms with Crippen LogP contribution in [0, 0.1) is 13.8 Å². The largest absolute Gasteiger partial charge is 3.00 e. The van der Waals surface area contributed by atoms with Crippen molar-refractivity contribution in [3.05, 3.63) is 60.2 Å². The van der Waals surface area contributed by atoms with Crippen LogP contribution in [-0.4, -0.2) is 9.97 Å². The van der Waals surface area contributed by atoms with Crippen molar-refractivity contribution in [3.8, 4) is 0 Å². The molecule has 0 aromatic carbocycles. The van der Waals surface area contributed by atoms with Gasteiger partial charge in [-0.05, 0) is 38.1 Å². The van der Waals surface area contributed by atoms with Crippen molar-refractivity contribution in [2.45, 2.75) is 13.8 Å². The molecular weight excluding hydrogens is 273 g/mol. The molecule has 2 aromatic heterocycles. The Morgan fingerprint density at radius 1 is 0.733 bits per heavy atom. The van der Waals surface area contributed by atoms with Gasteiger partial charge >= 0.3 is 19.5 Å². The Labute approximate surface area is 104 Å². The van der Waals surface area contributed by atoms with Crippen molar-refractivity contribution >= 4 is 0 Å². The molecule has 0 spiro atoms. The molecule has 0 atom stereocenters. The van der Waals surface area contributed by atoms with Gasteiger partial charge in [0.25, 0.3) is 0 Å². The summed E-state index contributed by atoms with van der Waals surface area (Å²) < 4.78 is 0. The molecular formula is C12H14N2Ru+3. The number of aromatic nitrogens is 2. The normalized spacial score (nSPS) is 8.13. The van der Waals surface area contributed by atoms with E-state index < -0.39 is 0 Å². The van der Waals surface area contributed by atoms with E-state index in [9.17, 15) is 0 Å². The monoisotopic (exact) mass is 288 g/mol. The number of rotatable bonds is 0. The fourth-order valence-corrected chi connectivity index (χ4v) is 0.896. The van der Waals surface area contributed by atoms with Crippen LogP contribution in [0.3, 0.4) is 0 Å². The van der Waals surface area contributed by atoms with E-state index in [0.29, 0.717) is 0 Å². The molecule has 1 radical (unpaired) electrons. The third-order valence-electron chi connectivity index (χ3n) is 1.63. The zero-order valence-electron chi connectivity index (χ0n) is 8.87. The summed E-state index contributed by atoms with van der Waals surface area (Å²) in [7, 11) is 0. The number of pyridine rings is 2. The van der Waals surface area contributed by atoms with Gasteiger partial charge < -0.3 is 0 Å². The van der Waals surface area contributed by atoms with Crippen molar-refractivity contribution in [2.75, 3.05) is 0 Å². The summed E-state index contributed by atoms with van der Waals surface area (Å²) in [6, 6.07) is 11.7. The molecule has 0 aliphatic carbocycles.